The maximum absolute atomic E-state index is 10.1. The lowest BCUT2D eigenvalue weighted by Gasteiger charge is -2.13. The molecule has 0 aromatic rings. The predicted molar refractivity (Wildman–Crippen MR) is 30.3 cm³/mol. The molecule has 0 aromatic carbocycles. The van der Waals surface area contributed by atoms with Gasteiger partial charge in [-0.15, -0.1) is 0 Å². The lowest BCUT2D eigenvalue weighted by atomic mass is 10.6. The van der Waals surface area contributed by atoms with Gasteiger partial charge >= 0.3 is 0 Å². The van der Waals surface area contributed by atoms with E-state index in [4.69, 9.17) is 16.7 Å². The van der Waals surface area contributed by atoms with E-state index in [2.05, 4.69) is 5.32 Å². The lowest BCUT2D eigenvalue weighted by molar-refractivity contribution is -0.122. The van der Waals surface area contributed by atoms with Crippen LogP contribution in [0.3, 0.4) is 0 Å². The molecule has 0 spiro atoms. The van der Waals surface area contributed by atoms with E-state index in [1.54, 1.807) is 0 Å². The maximum atomic E-state index is 10.1. The van der Waals surface area contributed by atoms with Crippen LogP contribution in [-0.4, -0.2) is 16.2 Å². The Bertz CT molecular complexity index is 96.7. The predicted octanol–water partition coefficient (Wildman–Crippen LogP) is 0.0273. The molecule has 0 bridgehead atoms. The Labute approximate surface area is 52.6 Å². The Morgan fingerprint density at radius 3 is 2.25 bits per heavy atom. The summed E-state index contributed by atoms with van der Waals surface area (Å²) >= 11 is 5.15. The number of rotatable bonds is 1. The first-order valence-electron chi connectivity index (χ1n) is 2.12. The third-order valence-electron chi connectivity index (χ3n) is 0.404. The standard InChI is InChI=1S/C4H8ClNO2/c1-3(7)6-4(2,5)8/h8H,1-2H3,(H,6,7). The number of amides is 1. The molecule has 0 aliphatic carbocycles. The Morgan fingerprint density at radius 1 is 1.88 bits per heavy atom. The van der Waals surface area contributed by atoms with E-state index < -0.39 is 5.18 Å². The molecule has 8 heavy (non-hydrogen) atoms. The van der Waals surface area contributed by atoms with Gasteiger partial charge in [0, 0.05) is 6.92 Å². The molecule has 3 nitrogen and oxygen atoms in total. The number of carbonyl (C=O) groups excluding carboxylic acids is 1. The van der Waals surface area contributed by atoms with Crippen molar-refractivity contribution in [2.24, 2.45) is 0 Å². The largest absolute Gasteiger partial charge is 0.359 e. The molecule has 0 fully saturated rings. The third kappa shape index (κ3) is 5.72. The zero-order valence-corrected chi connectivity index (χ0v) is 5.49. The zero-order chi connectivity index (χ0) is 6.78. The number of carbonyl (C=O) groups is 1. The van der Waals surface area contributed by atoms with Gasteiger partial charge in [0.05, 0.1) is 0 Å². The minimum Gasteiger partial charge on any atom is -0.359 e. The van der Waals surface area contributed by atoms with Crippen LogP contribution in [-0.2, 0) is 4.79 Å². The highest BCUT2D eigenvalue weighted by Crippen LogP contribution is 2.01. The second kappa shape index (κ2) is 2.33. The normalized spacial score (nSPS) is 17.0. The number of aliphatic hydroxyl groups is 1. The van der Waals surface area contributed by atoms with E-state index >= 15 is 0 Å². The minimum atomic E-state index is -1.61. The van der Waals surface area contributed by atoms with Gasteiger partial charge in [0.15, 0.2) is 0 Å². The molecule has 0 saturated carbocycles. The molecule has 1 atom stereocenters. The highest BCUT2D eigenvalue weighted by atomic mass is 35.5. The van der Waals surface area contributed by atoms with Crippen molar-refractivity contribution in [3.05, 3.63) is 0 Å². The highest BCUT2D eigenvalue weighted by Gasteiger charge is 2.14. The van der Waals surface area contributed by atoms with Crippen LogP contribution in [0.5, 0.6) is 0 Å². The SMILES string of the molecule is CC(=O)NC(C)(O)Cl. The molecular formula is C4H8ClNO2. The Kier molecular flexibility index (Phi) is 2.25. The summed E-state index contributed by atoms with van der Waals surface area (Å²) in [5, 5.41) is 9.08. The van der Waals surface area contributed by atoms with Gasteiger partial charge in [-0.3, -0.25) is 4.79 Å². The van der Waals surface area contributed by atoms with Gasteiger partial charge in [-0.2, -0.15) is 0 Å². The van der Waals surface area contributed by atoms with E-state index in [0.717, 1.165) is 0 Å². The van der Waals surface area contributed by atoms with E-state index in [-0.39, 0.29) is 5.91 Å². The van der Waals surface area contributed by atoms with E-state index in [1.807, 2.05) is 0 Å². The molecule has 1 unspecified atom stereocenters. The van der Waals surface area contributed by atoms with Crippen molar-refractivity contribution in [3.8, 4) is 0 Å². The number of halogens is 1. The molecule has 0 radical (unpaired) electrons. The molecule has 4 heteroatoms. The van der Waals surface area contributed by atoms with Crippen molar-refractivity contribution >= 4 is 17.5 Å². The summed E-state index contributed by atoms with van der Waals surface area (Å²) in [7, 11) is 0. The molecule has 0 aliphatic rings. The summed E-state index contributed by atoms with van der Waals surface area (Å²) < 4.78 is 0. The maximum Gasteiger partial charge on any atom is 0.220 e. The van der Waals surface area contributed by atoms with E-state index in [1.165, 1.54) is 13.8 Å². The highest BCUT2D eigenvalue weighted by molar-refractivity contribution is 6.23. The fourth-order valence-corrected chi connectivity index (χ4v) is 0.454. The van der Waals surface area contributed by atoms with Crippen molar-refractivity contribution in [3.63, 3.8) is 0 Å². The topological polar surface area (TPSA) is 49.3 Å². The molecular weight excluding hydrogens is 130 g/mol. The molecule has 0 aromatic heterocycles. The number of hydrogen-bond donors (Lipinski definition) is 2. The molecule has 0 aliphatic heterocycles. The molecule has 1 amide bonds. The number of hydrogen-bond acceptors (Lipinski definition) is 2. The summed E-state index contributed by atoms with van der Waals surface area (Å²) in [6, 6.07) is 0. The van der Waals surface area contributed by atoms with Crippen LogP contribution in [0.25, 0.3) is 0 Å². The fraction of sp³-hybridized carbons (Fsp3) is 0.750. The van der Waals surface area contributed by atoms with Crippen molar-refractivity contribution in [2.45, 2.75) is 19.0 Å². The second-order valence-corrected chi connectivity index (χ2v) is 2.37. The summed E-state index contributed by atoms with van der Waals surface area (Å²) in [6.07, 6.45) is 0. The van der Waals surface area contributed by atoms with Crippen molar-refractivity contribution < 1.29 is 9.90 Å². The smallest absolute Gasteiger partial charge is 0.220 e. The van der Waals surface area contributed by atoms with Crippen LogP contribution in [0.15, 0.2) is 0 Å². The monoisotopic (exact) mass is 137 g/mol. The lowest BCUT2D eigenvalue weighted by Crippen LogP contribution is -2.39. The third-order valence-corrected chi connectivity index (χ3v) is 0.499. The average Bonchev–Trinajstić information content (AvgIpc) is 1.21. The van der Waals surface area contributed by atoms with Crippen LogP contribution < -0.4 is 5.32 Å². The van der Waals surface area contributed by atoms with Crippen LogP contribution in [0, 0.1) is 0 Å². The molecule has 0 rings (SSSR count). The Hall–Kier alpha value is -0.280. The van der Waals surface area contributed by atoms with Crippen LogP contribution >= 0.6 is 11.6 Å². The Morgan fingerprint density at radius 2 is 2.25 bits per heavy atom. The number of alkyl halides is 1. The van der Waals surface area contributed by atoms with Crippen LogP contribution in [0.1, 0.15) is 13.8 Å². The van der Waals surface area contributed by atoms with Gasteiger partial charge in [-0.25, -0.2) is 0 Å². The number of nitrogens with one attached hydrogen (secondary N) is 1. The van der Waals surface area contributed by atoms with Gasteiger partial charge in [0.1, 0.15) is 0 Å². The van der Waals surface area contributed by atoms with Crippen LogP contribution in [0.4, 0.5) is 0 Å². The molecule has 0 heterocycles. The van der Waals surface area contributed by atoms with Gasteiger partial charge in [0.25, 0.3) is 0 Å². The molecule has 48 valence electrons. The van der Waals surface area contributed by atoms with Crippen molar-refractivity contribution in [1.29, 1.82) is 0 Å². The first-order chi connectivity index (χ1) is 3.42. The first kappa shape index (κ1) is 7.72. The van der Waals surface area contributed by atoms with Crippen molar-refractivity contribution in [2.75, 3.05) is 0 Å². The summed E-state index contributed by atoms with van der Waals surface area (Å²) in [5.74, 6) is -0.356. The van der Waals surface area contributed by atoms with Gasteiger partial charge in [-0.1, -0.05) is 11.6 Å². The van der Waals surface area contributed by atoms with Crippen LogP contribution in [0.2, 0.25) is 0 Å². The summed E-state index contributed by atoms with van der Waals surface area (Å²) in [6.45, 7) is 2.55. The molecule has 2 N–H and O–H groups in total. The van der Waals surface area contributed by atoms with E-state index in [9.17, 15) is 4.79 Å². The molecule has 0 saturated heterocycles. The summed E-state index contributed by atoms with van der Waals surface area (Å²) in [5.41, 5.74) is 0. The minimum absolute atomic E-state index is 0.356. The second-order valence-electron chi connectivity index (χ2n) is 1.63. The van der Waals surface area contributed by atoms with Crippen molar-refractivity contribution in [1.82, 2.24) is 5.32 Å². The fourth-order valence-electron chi connectivity index (χ4n) is 0.321. The van der Waals surface area contributed by atoms with Gasteiger partial charge < -0.3 is 10.4 Å². The first-order valence-corrected chi connectivity index (χ1v) is 2.49. The zero-order valence-electron chi connectivity index (χ0n) is 4.73. The summed E-state index contributed by atoms with van der Waals surface area (Å²) in [4.78, 5) is 10.1. The quantitative estimate of drug-likeness (QED) is 0.304. The van der Waals surface area contributed by atoms with E-state index in [0.29, 0.717) is 0 Å². The average molecular weight is 138 g/mol. The van der Waals surface area contributed by atoms with Gasteiger partial charge in [-0.05, 0) is 6.92 Å². The Balaban J connectivity index is 3.55. The van der Waals surface area contributed by atoms with Gasteiger partial charge in [0.2, 0.25) is 11.1 Å².